The highest BCUT2D eigenvalue weighted by molar-refractivity contribution is 5.85. The van der Waals surface area contributed by atoms with Crippen molar-refractivity contribution in [2.45, 2.75) is 13.3 Å². The third-order valence-corrected chi connectivity index (χ3v) is 2.68. The summed E-state index contributed by atoms with van der Waals surface area (Å²) in [4.78, 5) is 10.8. The van der Waals surface area contributed by atoms with Gasteiger partial charge in [0.1, 0.15) is 5.75 Å². The zero-order valence-electron chi connectivity index (χ0n) is 10.4. The predicted molar refractivity (Wildman–Crippen MR) is 68.5 cm³/mol. The van der Waals surface area contributed by atoms with Crippen LogP contribution in [-0.2, 0) is 11.2 Å². The molecule has 5 heteroatoms. The van der Waals surface area contributed by atoms with Gasteiger partial charge in [0.2, 0.25) is 5.91 Å². The van der Waals surface area contributed by atoms with Crippen LogP contribution in [0.15, 0.2) is 24.4 Å². The van der Waals surface area contributed by atoms with Gasteiger partial charge < -0.3 is 10.1 Å². The zero-order valence-corrected chi connectivity index (χ0v) is 10.4. The number of amides is 1. The lowest BCUT2D eigenvalue weighted by atomic mass is 10.1. The quantitative estimate of drug-likeness (QED) is 0.882. The summed E-state index contributed by atoms with van der Waals surface area (Å²) in [7, 11) is 1.63. The number of aromatic nitrogens is 2. The Kier molecular flexibility index (Phi) is 3.72. The normalized spacial score (nSPS) is 10.3. The molecule has 0 radical (unpaired) electrons. The van der Waals surface area contributed by atoms with Crippen molar-refractivity contribution < 1.29 is 9.53 Å². The van der Waals surface area contributed by atoms with E-state index in [4.69, 9.17) is 4.74 Å². The van der Waals surface area contributed by atoms with Crippen LogP contribution in [0, 0.1) is 0 Å². The number of hydrogen-bond donors (Lipinski definition) is 1. The Balaban J connectivity index is 2.28. The fourth-order valence-corrected chi connectivity index (χ4v) is 1.78. The number of ether oxygens (including phenoxy) is 1. The molecule has 1 N–H and O–H groups in total. The molecule has 0 aliphatic heterocycles. The van der Waals surface area contributed by atoms with Crippen molar-refractivity contribution in [3.8, 4) is 5.75 Å². The van der Waals surface area contributed by atoms with Gasteiger partial charge in [0, 0.05) is 30.7 Å². The average molecular weight is 245 g/mol. The lowest BCUT2D eigenvalue weighted by Crippen LogP contribution is -2.22. The first kappa shape index (κ1) is 12.3. The minimum atomic E-state index is -0.0409. The molecule has 1 heterocycles. The first-order valence-corrected chi connectivity index (χ1v) is 5.73. The van der Waals surface area contributed by atoms with Gasteiger partial charge in [0.25, 0.3) is 0 Å². The van der Waals surface area contributed by atoms with E-state index in [9.17, 15) is 4.79 Å². The molecule has 0 spiro atoms. The van der Waals surface area contributed by atoms with Crippen LogP contribution in [0.25, 0.3) is 10.8 Å². The van der Waals surface area contributed by atoms with Gasteiger partial charge in [0.15, 0.2) is 0 Å². The minimum Gasteiger partial charge on any atom is -0.497 e. The molecular weight excluding hydrogens is 230 g/mol. The lowest BCUT2D eigenvalue weighted by Gasteiger charge is -2.07. The summed E-state index contributed by atoms with van der Waals surface area (Å²) in [5.74, 6) is 0.747. The minimum absolute atomic E-state index is 0.0409. The summed E-state index contributed by atoms with van der Waals surface area (Å²) in [6.07, 6.45) is 2.37. The number of fused-ring (bicyclic) bond motifs is 1. The molecule has 0 bridgehead atoms. The van der Waals surface area contributed by atoms with Crippen LogP contribution in [0.4, 0.5) is 0 Å². The Morgan fingerprint density at radius 3 is 3.00 bits per heavy atom. The third-order valence-electron chi connectivity index (χ3n) is 2.68. The van der Waals surface area contributed by atoms with Gasteiger partial charge in [-0.2, -0.15) is 10.2 Å². The van der Waals surface area contributed by atoms with Gasteiger partial charge in [-0.1, -0.05) is 0 Å². The Labute approximate surface area is 105 Å². The second-order valence-corrected chi connectivity index (χ2v) is 3.98. The fraction of sp³-hybridized carbons (Fsp3) is 0.308. The van der Waals surface area contributed by atoms with Gasteiger partial charge in [-0.25, -0.2) is 0 Å². The van der Waals surface area contributed by atoms with Crippen molar-refractivity contribution in [2.24, 2.45) is 0 Å². The molecule has 1 aromatic heterocycles. The average Bonchev–Trinajstić information content (AvgIpc) is 2.38. The summed E-state index contributed by atoms with van der Waals surface area (Å²) >= 11 is 0. The molecule has 18 heavy (non-hydrogen) atoms. The lowest BCUT2D eigenvalue weighted by molar-refractivity contribution is -0.118. The number of rotatable bonds is 4. The summed E-state index contributed by atoms with van der Waals surface area (Å²) < 4.78 is 5.20. The summed E-state index contributed by atoms with van der Waals surface area (Å²) in [6, 6.07) is 5.78. The summed E-state index contributed by atoms with van der Waals surface area (Å²) in [6.45, 7) is 2.05. The number of methoxy groups -OCH3 is 1. The van der Waals surface area contributed by atoms with E-state index in [-0.39, 0.29) is 5.91 Å². The van der Waals surface area contributed by atoms with Crippen molar-refractivity contribution in [3.05, 3.63) is 30.1 Å². The first-order valence-electron chi connectivity index (χ1n) is 5.73. The van der Waals surface area contributed by atoms with Crippen LogP contribution >= 0.6 is 0 Å². The van der Waals surface area contributed by atoms with Crippen molar-refractivity contribution >= 4 is 16.7 Å². The highest BCUT2D eigenvalue weighted by atomic mass is 16.5. The number of nitrogens with zero attached hydrogens (tertiary/aromatic N) is 2. The molecule has 1 amide bonds. The molecule has 5 nitrogen and oxygen atoms in total. The van der Waals surface area contributed by atoms with E-state index in [2.05, 4.69) is 15.5 Å². The van der Waals surface area contributed by atoms with Crippen LogP contribution < -0.4 is 10.1 Å². The molecule has 0 saturated heterocycles. The summed E-state index contributed by atoms with van der Waals surface area (Å²) in [5.41, 5.74) is 0.861. The van der Waals surface area contributed by atoms with Crippen molar-refractivity contribution in [1.82, 2.24) is 15.5 Å². The van der Waals surface area contributed by atoms with Crippen LogP contribution in [0.3, 0.4) is 0 Å². The standard InChI is InChI=1S/C13H15N3O2/c1-9(17)14-6-5-13-12-7-11(18-2)4-3-10(12)8-15-16-13/h3-4,7-8H,5-6H2,1-2H3,(H,14,17). The van der Waals surface area contributed by atoms with E-state index in [0.717, 1.165) is 22.2 Å². The molecular formula is C13H15N3O2. The van der Waals surface area contributed by atoms with E-state index in [1.54, 1.807) is 13.3 Å². The molecule has 2 aromatic rings. The van der Waals surface area contributed by atoms with Crippen LogP contribution in [0.2, 0.25) is 0 Å². The van der Waals surface area contributed by atoms with Crippen LogP contribution in [0.1, 0.15) is 12.6 Å². The van der Waals surface area contributed by atoms with E-state index in [1.807, 2.05) is 18.2 Å². The molecule has 0 aliphatic rings. The molecule has 0 fully saturated rings. The number of nitrogens with one attached hydrogen (secondary N) is 1. The third kappa shape index (κ3) is 2.74. The molecule has 0 saturated carbocycles. The number of benzene rings is 1. The molecule has 0 atom stereocenters. The summed E-state index contributed by atoms with van der Waals surface area (Å²) in [5, 5.41) is 12.9. The second-order valence-electron chi connectivity index (χ2n) is 3.98. The van der Waals surface area contributed by atoms with E-state index in [1.165, 1.54) is 6.92 Å². The van der Waals surface area contributed by atoms with Crippen molar-refractivity contribution in [3.63, 3.8) is 0 Å². The van der Waals surface area contributed by atoms with E-state index in [0.29, 0.717) is 13.0 Å². The maximum atomic E-state index is 10.8. The second kappa shape index (κ2) is 5.44. The van der Waals surface area contributed by atoms with Crippen molar-refractivity contribution in [2.75, 3.05) is 13.7 Å². The van der Waals surface area contributed by atoms with Gasteiger partial charge >= 0.3 is 0 Å². The van der Waals surface area contributed by atoms with Crippen molar-refractivity contribution in [1.29, 1.82) is 0 Å². The SMILES string of the molecule is COc1ccc2cnnc(CCNC(C)=O)c2c1. The topological polar surface area (TPSA) is 64.1 Å². The molecule has 94 valence electrons. The van der Waals surface area contributed by atoms with Crippen LogP contribution in [0.5, 0.6) is 5.75 Å². The van der Waals surface area contributed by atoms with E-state index >= 15 is 0 Å². The number of carbonyl (C=O) groups excluding carboxylic acids is 1. The number of carbonyl (C=O) groups is 1. The van der Waals surface area contributed by atoms with Crippen LogP contribution in [-0.4, -0.2) is 29.8 Å². The maximum Gasteiger partial charge on any atom is 0.216 e. The Morgan fingerprint density at radius 1 is 1.44 bits per heavy atom. The van der Waals surface area contributed by atoms with Gasteiger partial charge in [-0.15, -0.1) is 0 Å². The van der Waals surface area contributed by atoms with E-state index < -0.39 is 0 Å². The predicted octanol–water partition coefficient (Wildman–Crippen LogP) is 1.32. The molecule has 1 aromatic carbocycles. The fourth-order valence-electron chi connectivity index (χ4n) is 1.78. The Bertz CT molecular complexity index is 569. The Morgan fingerprint density at radius 2 is 2.28 bits per heavy atom. The van der Waals surface area contributed by atoms with Gasteiger partial charge in [-0.05, 0) is 18.2 Å². The number of hydrogen-bond acceptors (Lipinski definition) is 4. The molecule has 0 unspecified atom stereocenters. The monoisotopic (exact) mass is 245 g/mol. The molecule has 2 rings (SSSR count). The highest BCUT2D eigenvalue weighted by Crippen LogP contribution is 2.22. The first-order chi connectivity index (χ1) is 8.70. The highest BCUT2D eigenvalue weighted by Gasteiger charge is 2.05. The molecule has 0 aliphatic carbocycles. The Hall–Kier alpha value is -2.17. The van der Waals surface area contributed by atoms with Gasteiger partial charge in [-0.3, -0.25) is 4.79 Å². The zero-order chi connectivity index (χ0) is 13.0. The maximum absolute atomic E-state index is 10.8. The van der Waals surface area contributed by atoms with Gasteiger partial charge in [0.05, 0.1) is 19.0 Å². The smallest absolute Gasteiger partial charge is 0.216 e. The largest absolute Gasteiger partial charge is 0.497 e.